The molecule has 5 nitrogen and oxygen atoms in total. The van der Waals surface area contributed by atoms with Gasteiger partial charge in [-0.25, -0.2) is 4.98 Å². The Hall–Kier alpha value is -0.530. The third-order valence-electron chi connectivity index (χ3n) is 3.69. The van der Waals surface area contributed by atoms with Crippen LogP contribution in [-0.4, -0.2) is 49.3 Å². The van der Waals surface area contributed by atoms with Crippen LogP contribution < -0.4 is 5.32 Å². The van der Waals surface area contributed by atoms with Crippen molar-refractivity contribution in [2.75, 3.05) is 33.4 Å². The molecule has 0 unspecified atom stereocenters. The van der Waals surface area contributed by atoms with Crippen LogP contribution in [0.3, 0.4) is 0 Å². The largest absolute Gasteiger partial charge is 0.379 e. The van der Waals surface area contributed by atoms with Crippen molar-refractivity contribution in [3.63, 3.8) is 0 Å². The fourth-order valence-electron chi connectivity index (χ4n) is 2.37. The Bertz CT molecular complexity index is 428. The highest BCUT2D eigenvalue weighted by molar-refractivity contribution is 7.11. The highest BCUT2D eigenvalue weighted by Gasteiger charge is 2.22. The lowest BCUT2D eigenvalue weighted by molar-refractivity contribution is 0.0341. The van der Waals surface area contributed by atoms with Gasteiger partial charge in [0.25, 0.3) is 0 Å². The number of thiazole rings is 1. The lowest BCUT2D eigenvalue weighted by Crippen LogP contribution is -2.35. The molecule has 1 N–H and O–H groups in total. The molecule has 1 saturated carbocycles. The molecular weight excluding hydrogens is 274 g/mol. The molecule has 20 heavy (non-hydrogen) atoms. The minimum atomic E-state index is 0.612. The summed E-state index contributed by atoms with van der Waals surface area (Å²) in [5.41, 5.74) is 1.11. The number of hydrogen-bond donors (Lipinski definition) is 1. The quantitative estimate of drug-likeness (QED) is 0.824. The van der Waals surface area contributed by atoms with Crippen LogP contribution >= 0.6 is 11.3 Å². The number of nitrogens with one attached hydrogen (secondary N) is 1. The second-order valence-electron chi connectivity index (χ2n) is 5.45. The summed E-state index contributed by atoms with van der Waals surface area (Å²) in [6.45, 7) is 6.18. The lowest BCUT2D eigenvalue weighted by Gasteiger charge is -2.25. The Balaban J connectivity index is 1.61. The molecule has 1 saturated heterocycles. The van der Waals surface area contributed by atoms with Crippen molar-refractivity contribution in [2.45, 2.75) is 38.6 Å². The summed E-state index contributed by atoms with van der Waals surface area (Å²) in [7, 11) is 1.74. The second kappa shape index (κ2) is 6.95. The smallest absolute Gasteiger partial charge is 0.107 e. The fraction of sp³-hybridized carbons (Fsp3) is 0.786. The molecule has 0 atom stereocenters. The number of aromatic nitrogens is 1. The number of hydrogen-bond acceptors (Lipinski definition) is 6. The van der Waals surface area contributed by atoms with E-state index in [0.717, 1.165) is 51.1 Å². The molecular formula is C14H23N3O2S. The van der Waals surface area contributed by atoms with Gasteiger partial charge in [0.15, 0.2) is 0 Å². The SMILES string of the molecule is COCc1nc(CN2CCOCC2)sc1CNC1CC1. The molecule has 2 fully saturated rings. The number of morpholine rings is 1. The molecule has 2 aliphatic rings. The van der Waals surface area contributed by atoms with Gasteiger partial charge < -0.3 is 14.8 Å². The van der Waals surface area contributed by atoms with Crippen molar-refractivity contribution in [3.05, 3.63) is 15.6 Å². The Kier molecular flexibility index (Phi) is 5.01. The van der Waals surface area contributed by atoms with Gasteiger partial charge in [-0.2, -0.15) is 0 Å². The van der Waals surface area contributed by atoms with E-state index >= 15 is 0 Å². The van der Waals surface area contributed by atoms with E-state index in [1.807, 2.05) is 11.3 Å². The fourth-order valence-corrected chi connectivity index (χ4v) is 3.43. The predicted molar refractivity (Wildman–Crippen MR) is 78.8 cm³/mol. The standard InChI is InChI=1S/C14H23N3O2S/c1-18-10-12-13(8-15-11-2-3-11)20-14(16-12)9-17-4-6-19-7-5-17/h11,15H,2-10H2,1H3. The maximum Gasteiger partial charge on any atom is 0.107 e. The van der Waals surface area contributed by atoms with Gasteiger partial charge >= 0.3 is 0 Å². The first-order valence-electron chi connectivity index (χ1n) is 7.35. The molecule has 0 spiro atoms. The van der Waals surface area contributed by atoms with Gasteiger partial charge in [0, 0.05) is 37.7 Å². The van der Waals surface area contributed by atoms with Gasteiger partial charge in [-0.1, -0.05) is 0 Å². The minimum absolute atomic E-state index is 0.612. The zero-order chi connectivity index (χ0) is 13.8. The van der Waals surface area contributed by atoms with Crippen LogP contribution in [0.4, 0.5) is 0 Å². The molecule has 0 aromatic carbocycles. The summed E-state index contributed by atoms with van der Waals surface area (Å²) in [5, 5.41) is 4.77. The third-order valence-corrected chi connectivity index (χ3v) is 4.78. The van der Waals surface area contributed by atoms with E-state index in [0.29, 0.717) is 6.61 Å². The Labute approximate surface area is 124 Å². The van der Waals surface area contributed by atoms with Crippen LogP contribution in [0.15, 0.2) is 0 Å². The van der Waals surface area contributed by atoms with Gasteiger partial charge in [0.1, 0.15) is 5.01 Å². The van der Waals surface area contributed by atoms with Gasteiger partial charge in [-0.3, -0.25) is 4.90 Å². The van der Waals surface area contributed by atoms with E-state index in [2.05, 4.69) is 10.2 Å². The van der Waals surface area contributed by atoms with Crippen LogP contribution in [-0.2, 0) is 29.2 Å². The molecule has 2 heterocycles. The molecule has 1 aliphatic heterocycles. The number of nitrogens with zero attached hydrogens (tertiary/aromatic N) is 2. The molecule has 0 radical (unpaired) electrons. The van der Waals surface area contributed by atoms with Gasteiger partial charge in [-0.05, 0) is 12.8 Å². The Morgan fingerprint density at radius 1 is 1.40 bits per heavy atom. The second-order valence-corrected chi connectivity index (χ2v) is 6.62. The summed E-state index contributed by atoms with van der Waals surface area (Å²) >= 11 is 1.83. The number of ether oxygens (including phenoxy) is 2. The Morgan fingerprint density at radius 2 is 2.20 bits per heavy atom. The van der Waals surface area contributed by atoms with Crippen LogP contribution in [0, 0.1) is 0 Å². The van der Waals surface area contributed by atoms with Crippen LogP contribution in [0.25, 0.3) is 0 Å². The molecule has 1 aromatic rings. The molecule has 0 amide bonds. The topological polar surface area (TPSA) is 46.6 Å². The number of methoxy groups -OCH3 is 1. The number of rotatable bonds is 7. The van der Waals surface area contributed by atoms with Gasteiger partial charge in [0.2, 0.25) is 0 Å². The summed E-state index contributed by atoms with van der Waals surface area (Å²) in [4.78, 5) is 8.51. The van der Waals surface area contributed by atoms with E-state index in [9.17, 15) is 0 Å². The normalized spacial score (nSPS) is 20.4. The maximum absolute atomic E-state index is 5.39. The van der Waals surface area contributed by atoms with Crippen LogP contribution in [0.2, 0.25) is 0 Å². The van der Waals surface area contributed by atoms with Crippen molar-refractivity contribution in [3.8, 4) is 0 Å². The molecule has 1 aromatic heterocycles. The van der Waals surface area contributed by atoms with Crippen LogP contribution in [0.1, 0.15) is 28.4 Å². The molecule has 112 valence electrons. The average molecular weight is 297 g/mol. The monoisotopic (exact) mass is 297 g/mol. The highest BCUT2D eigenvalue weighted by atomic mass is 32.1. The van der Waals surface area contributed by atoms with Crippen molar-refractivity contribution in [1.82, 2.24) is 15.2 Å². The third kappa shape index (κ3) is 3.99. The van der Waals surface area contributed by atoms with Crippen molar-refractivity contribution >= 4 is 11.3 Å². The Morgan fingerprint density at radius 3 is 2.90 bits per heavy atom. The summed E-state index contributed by atoms with van der Waals surface area (Å²) in [6, 6.07) is 0.732. The van der Waals surface area contributed by atoms with Crippen molar-refractivity contribution < 1.29 is 9.47 Å². The lowest BCUT2D eigenvalue weighted by atomic mass is 10.3. The van der Waals surface area contributed by atoms with E-state index in [1.54, 1.807) is 7.11 Å². The van der Waals surface area contributed by atoms with E-state index in [-0.39, 0.29) is 0 Å². The molecule has 6 heteroatoms. The molecule has 0 bridgehead atoms. The zero-order valence-corrected chi connectivity index (χ0v) is 12.9. The molecule has 3 rings (SSSR count). The van der Waals surface area contributed by atoms with E-state index < -0.39 is 0 Å². The minimum Gasteiger partial charge on any atom is -0.379 e. The zero-order valence-electron chi connectivity index (χ0n) is 12.1. The summed E-state index contributed by atoms with van der Waals surface area (Å²) in [5.74, 6) is 0. The van der Waals surface area contributed by atoms with E-state index in [1.165, 1.54) is 22.7 Å². The van der Waals surface area contributed by atoms with Gasteiger partial charge in [-0.15, -0.1) is 11.3 Å². The van der Waals surface area contributed by atoms with Crippen molar-refractivity contribution in [2.24, 2.45) is 0 Å². The molecule has 1 aliphatic carbocycles. The first-order chi connectivity index (χ1) is 9.85. The average Bonchev–Trinajstić information content (AvgIpc) is 3.22. The van der Waals surface area contributed by atoms with Crippen LogP contribution in [0.5, 0.6) is 0 Å². The first-order valence-corrected chi connectivity index (χ1v) is 8.16. The first kappa shape index (κ1) is 14.4. The maximum atomic E-state index is 5.39. The van der Waals surface area contributed by atoms with Crippen molar-refractivity contribution in [1.29, 1.82) is 0 Å². The summed E-state index contributed by atoms with van der Waals surface area (Å²) < 4.78 is 10.7. The highest BCUT2D eigenvalue weighted by Crippen LogP contribution is 2.24. The predicted octanol–water partition coefficient (Wildman–Crippen LogP) is 1.37. The van der Waals surface area contributed by atoms with E-state index in [4.69, 9.17) is 14.5 Å². The van der Waals surface area contributed by atoms with Gasteiger partial charge in [0.05, 0.1) is 32.1 Å². The summed E-state index contributed by atoms with van der Waals surface area (Å²) in [6.07, 6.45) is 2.64.